The molecule has 3 aromatic rings. The minimum Gasteiger partial charge on any atom is -0.274 e. The zero-order valence-corrected chi connectivity index (χ0v) is 12.4. The first-order valence-corrected chi connectivity index (χ1v) is 7.50. The zero-order valence-electron chi connectivity index (χ0n) is 11.6. The van der Waals surface area contributed by atoms with E-state index in [-0.39, 0.29) is 5.91 Å². The SMILES string of the molecule is CC(=O)N(c1ccccc1)c1nc(-c2ccccc2)cs1. The van der Waals surface area contributed by atoms with Gasteiger partial charge >= 0.3 is 0 Å². The number of nitrogens with zero attached hydrogens (tertiary/aromatic N) is 2. The van der Waals surface area contributed by atoms with E-state index in [1.165, 1.54) is 11.3 Å². The van der Waals surface area contributed by atoms with Crippen LogP contribution in [-0.4, -0.2) is 10.9 Å². The summed E-state index contributed by atoms with van der Waals surface area (Å²) in [6.07, 6.45) is 0. The molecule has 1 aromatic heterocycles. The largest absolute Gasteiger partial charge is 0.274 e. The van der Waals surface area contributed by atoms with E-state index in [1.807, 2.05) is 66.0 Å². The minimum absolute atomic E-state index is 0.0461. The van der Waals surface area contributed by atoms with Crippen LogP contribution in [0.1, 0.15) is 6.92 Å². The molecule has 2 aromatic carbocycles. The van der Waals surface area contributed by atoms with Crippen molar-refractivity contribution in [1.29, 1.82) is 0 Å². The van der Waals surface area contributed by atoms with Crippen molar-refractivity contribution in [1.82, 2.24) is 4.98 Å². The molecule has 0 atom stereocenters. The Morgan fingerprint density at radius 3 is 2.24 bits per heavy atom. The van der Waals surface area contributed by atoms with Gasteiger partial charge in [-0.2, -0.15) is 0 Å². The molecule has 0 unspecified atom stereocenters. The summed E-state index contributed by atoms with van der Waals surface area (Å²) in [7, 11) is 0. The summed E-state index contributed by atoms with van der Waals surface area (Å²) in [5.74, 6) is -0.0461. The number of carbonyl (C=O) groups excluding carboxylic acids is 1. The van der Waals surface area contributed by atoms with Crippen LogP contribution in [0.25, 0.3) is 11.3 Å². The average Bonchev–Trinajstić information content (AvgIpc) is 2.98. The molecule has 0 aliphatic carbocycles. The van der Waals surface area contributed by atoms with Crippen LogP contribution in [0.5, 0.6) is 0 Å². The number of hydrogen-bond acceptors (Lipinski definition) is 3. The van der Waals surface area contributed by atoms with Gasteiger partial charge in [-0.1, -0.05) is 48.5 Å². The van der Waals surface area contributed by atoms with Gasteiger partial charge in [0.15, 0.2) is 5.13 Å². The Hall–Kier alpha value is -2.46. The highest BCUT2D eigenvalue weighted by atomic mass is 32.1. The number of anilines is 2. The Bertz CT molecular complexity index is 738. The predicted molar refractivity (Wildman–Crippen MR) is 86.8 cm³/mol. The minimum atomic E-state index is -0.0461. The van der Waals surface area contributed by atoms with Crippen molar-refractivity contribution < 1.29 is 4.79 Å². The van der Waals surface area contributed by atoms with Crippen molar-refractivity contribution in [2.45, 2.75) is 6.92 Å². The Labute approximate surface area is 127 Å². The molecule has 0 saturated carbocycles. The lowest BCUT2D eigenvalue weighted by Crippen LogP contribution is -2.22. The van der Waals surface area contributed by atoms with Crippen molar-refractivity contribution in [3.63, 3.8) is 0 Å². The predicted octanol–water partition coefficient (Wildman–Crippen LogP) is 4.49. The maximum absolute atomic E-state index is 12.0. The molecule has 21 heavy (non-hydrogen) atoms. The van der Waals surface area contributed by atoms with Crippen LogP contribution in [0.3, 0.4) is 0 Å². The van der Waals surface area contributed by atoms with Crippen LogP contribution in [-0.2, 0) is 4.79 Å². The first-order valence-electron chi connectivity index (χ1n) is 6.62. The van der Waals surface area contributed by atoms with Gasteiger partial charge in [-0.15, -0.1) is 11.3 Å². The van der Waals surface area contributed by atoms with Crippen LogP contribution in [0, 0.1) is 0 Å². The number of rotatable bonds is 3. The highest BCUT2D eigenvalue weighted by Crippen LogP contribution is 2.32. The fourth-order valence-corrected chi connectivity index (χ4v) is 3.01. The molecule has 3 nitrogen and oxygen atoms in total. The van der Waals surface area contributed by atoms with Crippen LogP contribution in [0.15, 0.2) is 66.0 Å². The highest BCUT2D eigenvalue weighted by Gasteiger charge is 2.17. The van der Waals surface area contributed by atoms with Gasteiger partial charge in [-0.3, -0.25) is 9.69 Å². The molecule has 0 aliphatic heterocycles. The average molecular weight is 294 g/mol. The summed E-state index contributed by atoms with van der Waals surface area (Å²) >= 11 is 1.47. The monoisotopic (exact) mass is 294 g/mol. The summed E-state index contributed by atoms with van der Waals surface area (Å²) in [5, 5.41) is 2.66. The lowest BCUT2D eigenvalue weighted by molar-refractivity contribution is -0.115. The molecule has 0 aliphatic rings. The smallest absolute Gasteiger partial charge is 0.230 e. The van der Waals surface area contributed by atoms with Gasteiger partial charge in [0, 0.05) is 17.9 Å². The Morgan fingerprint density at radius 1 is 1.00 bits per heavy atom. The van der Waals surface area contributed by atoms with Gasteiger partial charge in [-0.05, 0) is 12.1 Å². The van der Waals surface area contributed by atoms with Crippen molar-refractivity contribution in [3.8, 4) is 11.3 Å². The van der Waals surface area contributed by atoms with Gasteiger partial charge in [0.25, 0.3) is 0 Å². The standard InChI is InChI=1S/C17H14N2OS/c1-13(20)19(15-10-6-3-7-11-15)17-18-16(12-21-17)14-8-4-2-5-9-14/h2-12H,1H3. The highest BCUT2D eigenvalue weighted by molar-refractivity contribution is 7.14. The van der Waals surface area contributed by atoms with Gasteiger partial charge in [0.05, 0.1) is 11.4 Å². The topological polar surface area (TPSA) is 33.2 Å². The fraction of sp³-hybridized carbons (Fsp3) is 0.0588. The molecule has 1 heterocycles. The molecule has 4 heteroatoms. The maximum atomic E-state index is 12.0. The van der Waals surface area contributed by atoms with E-state index in [0.29, 0.717) is 5.13 Å². The molecular weight excluding hydrogens is 280 g/mol. The van der Waals surface area contributed by atoms with Gasteiger partial charge in [-0.25, -0.2) is 4.98 Å². The number of hydrogen-bond donors (Lipinski definition) is 0. The van der Waals surface area contributed by atoms with Crippen LogP contribution in [0.2, 0.25) is 0 Å². The third-order valence-electron chi connectivity index (χ3n) is 3.08. The molecule has 104 valence electrons. The van der Waals surface area contributed by atoms with Gasteiger partial charge < -0.3 is 0 Å². The van der Waals surface area contributed by atoms with E-state index in [9.17, 15) is 4.79 Å². The number of thiazole rings is 1. The van der Waals surface area contributed by atoms with E-state index < -0.39 is 0 Å². The number of carbonyl (C=O) groups is 1. The second-order valence-electron chi connectivity index (χ2n) is 4.57. The summed E-state index contributed by atoms with van der Waals surface area (Å²) in [5.41, 5.74) is 2.77. The van der Waals surface area contributed by atoms with Crippen molar-refractivity contribution >= 4 is 28.1 Å². The Kier molecular flexibility index (Phi) is 3.79. The summed E-state index contributed by atoms with van der Waals surface area (Å²) in [6, 6.07) is 19.5. The number of aromatic nitrogens is 1. The van der Waals surface area contributed by atoms with E-state index in [0.717, 1.165) is 16.9 Å². The molecule has 0 bridgehead atoms. The van der Waals surface area contributed by atoms with Gasteiger partial charge in [0.2, 0.25) is 5.91 Å². The Morgan fingerprint density at radius 2 is 1.62 bits per heavy atom. The van der Waals surface area contributed by atoms with E-state index >= 15 is 0 Å². The molecule has 0 fully saturated rings. The lowest BCUT2D eigenvalue weighted by atomic mass is 10.2. The molecule has 1 amide bonds. The number of benzene rings is 2. The van der Waals surface area contributed by atoms with Gasteiger partial charge in [0.1, 0.15) is 0 Å². The normalized spacial score (nSPS) is 10.3. The van der Waals surface area contributed by atoms with Crippen molar-refractivity contribution in [2.75, 3.05) is 4.90 Å². The molecule has 0 radical (unpaired) electrons. The van der Waals surface area contributed by atoms with E-state index in [1.54, 1.807) is 11.8 Å². The van der Waals surface area contributed by atoms with E-state index in [4.69, 9.17) is 0 Å². The van der Waals surface area contributed by atoms with Crippen LogP contribution >= 0.6 is 11.3 Å². The number of amides is 1. The second kappa shape index (κ2) is 5.89. The first kappa shape index (κ1) is 13.5. The molecule has 0 saturated heterocycles. The second-order valence-corrected chi connectivity index (χ2v) is 5.41. The lowest BCUT2D eigenvalue weighted by Gasteiger charge is -2.17. The zero-order chi connectivity index (χ0) is 14.7. The van der Waals surface area contributed by atoms with Crippen LogP contribution in [0.4, 0.5) is 10.8 Å². The van der Waals surface area contributed by atoms with Crippen LogP contribution < -0.4 is 4.90 Å². The summed E-state index contributed by atoms with van der Waals surface area (Å²) in [6.45, 7) is 1.55. The van der Waals surface area contributed by atoms with Crippen molar-refractivity contribution in [3.05, 3.63) is 66.0 Å². The van der Waals surface area contributed by atoms with Crippen molar-refractivity contribution in [2.24, 2.45) is 0 Å². The molecule has 0 spiro atoms. The first-order chi connectivity index (χ1) is 10.3. The summed E-state index contributed by atoms with van der Waals surface area (Å²) in [4.78, 5) is 18.2. The third kappa shape index (κ3) is 2.85. The molecular formula is C17H14N2OS. The molecule has 3 rings (SSSR count). The van der Waals surface area contributed by atoms with E-state index in [2.05, 4.69) is 4.98 Å². The summed E-state index contributed by atoms with van der Waals surface area (Å²) < 4.78 is 0. The third-order valence-corrected chi connectivity index (χ3v) is 3.91. The fourth-order valence-electron chi connectivity index (χ4n) is 2.11. The maximum Gasteiger partial charge on any atom is 0.230 e. The quantitative estimate of drug-likeness (QED) is 0.713. The Balaban J connectivity index is 1.99. The number of para-hydroxylation sites is 1. The molecule has 0 N–H and O–H groups in total.